The van der Waals surface area contributed by atoms with Crippen LogP contribution < -0.4 is 0 Å². The SMILES string of the molecule is Fc1cc(Cl)cc(-c2nc(Cl)nc3[nH]ncc23)c1. The molecule has 0 aliphatic rings. The molecule has 0 radical (unpaired) electrons. The molecule has 0 unspecified atom stereocenters. The summed E-state index contributed by atoms with van der Waals surface area (Å²) in [4.78, 5) is 8.07. The van der Waals surface area contributed by atoms with E-state index in [2.05, 4.69) is 20.2 Å². The van der Waals surface area contributed by atoms with Gasteiger partial charge < -0.3 is 0 Å². The third kappa shape index (κ3) is 1.91. The minimum atomic E-state index is -0.441. The van der Waals surface area contributed by atoms with Gasteiger partial charge in [0.05, 0.1) is 17.3 Å². The van der Waals surface area contributed by atoms with Crippen LogP contribution in [0.4, 0.5) is 4.39 Å². The van der Waals surface area contributed by atoms with Crippen LogP contribution >= 0.6 is 23.2 Å². The summed E-state index contributed by atoms with van der Waals surface area (Å²) in [5, 5.41) is 7.55. The van der Waals surface area contributed by atoms with E-state index in [9.17, 15) is 4.39 Å². The van der Waals surface area contributed by atoms with E-state index in [1.807, 2.05) is 0 Å². The highest BCUT2D eigenvalue weighted by Gasteiger charge is 2.12. The number of aromatic nitrogens is 4. The van der Waals surface area contributed by atoms with Crippen LogP contribution in [0.5, 0.6) is 0 Å². The summed E-state index contributed by atoms with van der Waals surface area (Å²) < 4.78 is 13.4. The van der Waals surface area contributed by atoms with Crippen LogP contribution in [0.15, 0.2) is 24.4 Å². The van der Waals surface area contributed by atoms with Crippen molar-refractivity contribution in [2.24, 2.45) is 0 Å². The molecule has 0 amide bonds. The minimum absolute atomic E-state index is 0.0575. The molecule has 0 aliphatic carbocycles. The van der Waals surface area contributed by atoms with E-state index in [0.29, 0.717) is 22.3 Å². The van der Waals surface area contributed by atoms with Crippen molar-refractivity contribution in [3.8, 4) is 11.3 Å². The lowest BCUT2D eigenvalue weighted by molar-refractivity contribution is 0.628. The number of nitrogens with zero attached hydrogens (tertiary/aromatic N) is 3. The van der Waals surface area contributed by atoms with Crippen LogP contribution in [0, 0.1) is 5.82 Å². The number of benzene rings is 1. The van der Waals surface area contributed by atoms with Crippen molar-refractivity contribution in [3.05, 3.63) is 40.5 Å². The van der Waals surface area contributed by atoms with Gasteiger partial charge in [0, 0.05) is 10.6 Å². The van der Waals surface area contributed by atoms with Crippen molar-refractivity contribution in [2.45, 2.75) is 0 Å². The summed E-state index contributed by atoms with van der Waals surface area (Å²) in [6.07, 6.45) is 1.56. The number of aromatic amines is 1. The van der Waals surface area contributed by atoms with Gasteiger partial charge in [-0.2, -0.15) is 10.1 Å². The van der Waals surface area contributed by atoms with Crippen molar-refractivity contribution < 1.29 is 4.39 Å². The number of H-pyrrole nitrogens is 1. The van der Waals surface area contributed by atoms with Gasteiger partial charge in [-0.3, -0.25) is 5.10 Å². The Bertz CT molecular complexity index is 721. The molecule has 7 heteroatoms. The normalized spacial score (nSPS) is 11.1. The highest BCUT2D eigenvalue weighted by molar-refractivity contribution is 6.31. The van der Waals surface area contributed by atoms with Gasteiger partial charge in [0.15, 0.2) is 5.65 Å². The summed E-state index contributed by atoms with van der Waals surface area (Å²) in [5.41, 5.74) is 1.50. The molecule has 4 nitrogen and oxygen atoms in total. The molecule has 0 saturated heterocycles. The Kier molecular flexibility index (Phi) is 2.65. The molecular weight excluding hydrogens is 278 g/mol. The fraction of sp³-hybridized carbons (Fsp3) is 0. The molecule has 0 saturated carbocycles. The molecule has 1 aromatic carbocycles. The van der Waals surface area contributed by atoms with E-state index in [0.717, 1.165) is 0 Å². The molecule has 0 bridgehead atoms. The monoisotopic (exact) mass is 282 g/mol. The van der Waals surface area contributed by atoms with Gasteiger partial charge >= 0.3 is 0 Å². The molecule has 3 aromatic rings. The Hall–Kier alpha value is -1.72. The number of rotatable bonds is 1. The summed E-state index contributed by atoms with van der Waals surface area (Å²) in [5.74, 6) is -0.441. The molecule has 18 heavy (non-hydrogen) atoms. The second-order valence-corrected chi connectivity index (χ2v) is 4.41. The quantitative estimate of drug-likeness (QED) is 0.696. The first-order valence-corrected chi connectivity index (χ1v) is 5.72. The lowest BCUT2D eigenvalue weighted by atomic mass is 10.1. The third-order valence-corrected chi connectivity index (χ3v) is 2.81. The predicted octanol–water partition coefficient (Wildman–Crippen LogP) is 3.47. The van der Waals surface area contributed by atoms with Crippen molar-refractivity contribution in [2.75, 3.05) is 0 Å². The van der Waals surface area contributed by atoms with Crippen LogP contribution in [0.1, 0.15) is 0 Å². The second kappa shape index (κ2) is 4.19. The standard InChI is InChI=1S/C11H5Cl2FN4/c12-6-1-5(2-7(14)3-6)9-8-4-15-18-10(8)17-11(13)16-9/h1-4H,(H,15,16,17,18). The average molecular weight is 283 g/mol. The first-order valence-electron chi connectivity index (χ1n) is 4.96. The van der Waals surface area contributed by atoms with Crippen molar-refractivity contribution in [1.29, 1.82) is 0 Å². The van der Waals surface area contributed by atoms with Gasteiger partial charge in [-0.05, 0) is 29.8 Å². The number of halogens is 3. The van der Waals surface area contributed by atoms with Crippen LogP contribution in [-0.2, 0) is 0 Å². The van der Waals surface area contributed by atoms with Crippen LogP contribution in [-0.4, -0.2) is 20.2 Å². The predicted molar refractivity (Wildman–Crippen MR) is 67.1 cm³/mol. The lowest BCUT2D eigenvalue weighted by Crippen LogP contribution is -1.90. The highest BCUT2D eigenvalue weighted by Crippen LogP contribution is 2.28. The van der Waals surface area contributed by atoms with Crippen molar-refractivity contribution in [1.82, 2.24) is 20.2 Å². The molecular formula is C11H5Cl2FN4. The molecule has 0 fully saturated rings. The second-order valence-electron chi connectivity index (χ2n) is 3.63. The summed E-state index contributed by atoms with van der Waals surface area (Å²) >= 11 is 11.6. The van der Waals surface area contributed by atoms with Gasteiger partial charge in [0.2, 0.25) is 5.28 Å². The first-order chi connectivity index (χ1) is 8.63. The fourth-order valence-corrected chi connectivity index (χ4v) is 2.11. The molecule has 90 valence electrons. The number of hydrogen-bond donors (Lipinski definition) is 1. The fourth-order valence-electron chi connectivity index (χ4n) is 1.72. The van der Waals surface area contributed by atoms with Crippen LogP contribution in [0.25, 0.3) is 22.3 Å². The van der Waals surface area contributed by atoms with Crippen LogP contribution in [0.3, 0.4) is 0 Å². The molecule has 2 aromatic heterocycles. The molecule has 2 heterocycles. The van der Waals surface area contributed by atoms with E-state index >= 15 is 0 Å². The van der Waals surface area contributed by atoms with E-state index in [1.54, 1.807) is 12.3 Å². The first kappa shape index (κ1) is 11.4. The van der Waals surface area contributed by atoms with Gasteiger partial charge in [0.1, 0.15) is 5.82 Å². The molecule has 1 N–H and O–H groups in total. The van der Waals surface area contributed by atoms with E-state index in [-0.39, 0.29) is 10.3 Å². The van der Waals surface area contributed by atoms with E-state index < -0.39 is 5.82 Å². The van der Waals surface area contributed by atoms with Gasteiger partial charge in [-0.1, -0.05) is 11.6 Å². The Morgan fingerprint density at radius 1 is 1.11 bits per heavy atom. The lowest BCUT2D eigenvalue weighted by Gasteiger charge is -2.03. The average Bonchev–Trinajstić information content (AvgIpc) is 2.74. The summed E-state index contributed by atoms with van der Waals surface area (Å²) in [7, 11) is 0. The summed E-state index contributed by atoms with van der Waals surface area (Å²) in [6, 6.07) is 4.16. The third-order valence-electron chi connectivity index (χ3n) is 2.42. The van der Waals surface area contributed by atoms with Crippen molar-refractivity contribution in [3.63, 3.8) is 0 Å². The van der Waals surface area contributed by atoms with E-state index in [4.69, 9.17) is 23.2 Å². The molecule has 0 atom stereocenters. The van der Waals surface area contributed by atoms with Crippen molar-refractivity contribution >= 4 is 34.2 Å². The largest absolute Gasteiger partial charge is 0.261 e. The maximum atomic E-state index is 13.4. The van der Waals surface area contributed by atoms with E-state index in [1.165, 1.54) is 12.1 Å². The smallest absolute Gasteiger partial charge is 0.224 e. The zero-order valence-electron chi connectivity index (χ0n) is 8.78. The van der Waals surface area contributed by atoms with Gasteiger partial charge in [-0.25, -0.2) is 9.37 Å². The van der Waals surface area contributed by atoms with Gasteiger partial charge in [-0.15, -0.1) is 0 Å². The minimum Gasteiger partial charge on any atom is -0.261 e. The number of fused-ring (bicyclic) bond motifs is 1. The Balaban J connectivity index is 2.33. The Morgan fingerprint density at radius 3 is 2.72 bits per heavy atom. The zero-order chi connectivity index (χ0) is 12.7. The highest BCUT2D eigenvalue weighted by atomic mass is 35.5. The topological polar surface area (TPSA) is 54.5 Å². The summed E-state index contributed by atoms with van der Waals surface area (Å²) in [6.45, 7) is 0. The maximum Gasteiger partial charge on any atom is 0.224 e. The van der Waals surface area contributed by atoms with Gasteiger partial charge in [0.25, 0.3) is 0 Å². The Labute approximate surface area is 111 Å². The van der Waals surface area contributed by atoms with Crippen LogP contribution in [0.2, 0.25) is 10.3 Å². The molecule has 3 rings (SSSR count). The zero-order valence-corrected chi connectivity index (χ0v) is 10.3. The maximum absolute atomic E-state index is 13.4. The Morgan fingerprint density at radius 2 is 1.94 bits per heavy atom. The molecule has 0 aliphatic heterocycles. The number of hydrogen-bond acceptors (Lipinski definition) is 3. The number of nitrogens with one attached hydrogen (secondary N) is 1. The molecule has 0 spiro atoms.